The second-order valence-electron chi connectivity index (χ2n) is 8.65. The molecule has 35 heavy (non-hydrogen) atoms. The van der Waals surface area contributed by atoms with Crippen LogP contribution < -0.4 is 15.5 Å². The normalized spacial score (nSPS) is 14.4. The predicted octanol–water partition coefficient (Wildman–Crippen LogP) is 4.14. The van der Waals surface area contributed by atoms with E-state index in [2.05, 4.69) is 25.8 Å². The van der Waals surface area contributed by atoms with E-state index in [1.54, 1.807) is 0 Å². The summed E-state index contributed by atoms with van der Waals surface area (Å²) in [5, 5.41) is 9.49. The molecule has 2 aliphatic rings. The summed E-state index contributed by atoms with van der Waals surface area (Å²) >= 11 is 0. The van der Waals surface area contributed by atoms with Crippen LogP contribution in [0.5, 0.6) is 0 Å². The average molecular weight is 459 g/mol. The van der Waals surface area contributed by atoms with Crippen molar-refractivity contribution in [3.8, 4) is 28.6 Å². The number of fused-ring (bicyclic) bond motifs is 3. The van der Waals surface area contributed by atoms with Crippen LogP contribution in [-0.2, 0) is 0 Å². The fourth-order valence-corrected chi connectivity index (χ4v) is 5.09. The Bertz CT molecular complexity index is 1500. The Kier molecular flexibility index (Phi) is 4.93. The molecule has 1 fully saturated rings. The van der Waals surface area contributed by atoms with E-state index in [-0.39, 0.29) is 11.7 Å². The zero-order valence-electron chi connectivity index (χ0n) is 19.0. The molecule has 2 N–H and O–H groups in total. The summed E-state index contributed by atoms with van der Waals surface area (Å²) in [6.07, 6.45) is 0. The number of nitrogen functional groups attached to an aromatic ring is 1. The maximum Gasteiger partial charge on any atom is 0.221 e. The lowest BCUT2D eigenvalue weighted by Crippen LogP contribution is -2.47. The van der Waals surface area contributed by atoms with Crippen LogP contribution in [-0.4, -0.2) is 41.9 Å². The molecule has 0 bridgehead atoms. The summed E-state index contributed by atoms with van der Waals surface area (Å²) < 4.78 is 0. The molecule has 0 saturated carbocycles. The highest BCUT2D eigenvalue weighted by Gasteiger charge is 2.36. The molecule has 6 rings (SSSR count). The minimum atomic E-state index is -0.0720. The van der Waals surface area contributed by atoms with Gasteiger partial charge >= 0.3 is 0 Å². The fraction of sp³-hybridized carbons (Fsp3) is 0.143. The van der Waals surface area contributed by atoms with Crippen molar-refractivity contribution in [1.29, 1.82) is 5.26 Å². The van der Waals surface area contributed by atoms with Crippen molar-refractivity contribution in [3.63, 3.8) is 0 Å². The minimum Gasteiger partial charge on any atom is -0.368 e. The number of para-hydroxylation sites is 1. The van der Waals surface area contributed by atoms with E-state index in [9.17, 15) is 10.1 Å². The van der Waals surface area contributed by atoms with E-state index >= 15 is 0 Å². The SMILES string of the molecule is N#Cc1ccccc1N1CCN(c2cccc3c2-c2nc(N)nc(-c4ccccc4)c2C3=O)CC1. The van der Waals surface area contributed by atoms with E-state index in [1.807, 2.05) is 72.8 Å². The average Bonchev–Trinajstić information content (AvgIpc) is 3.20. The van der Waals surface area contributed by atoms with Gasteiger partial charge in [0.1, 0.15) is 6.07 Å². The van der Waals surface area contributed by atoms with Gasteiger partial charge in [0, 0.05) is 48.6 Å². The number of hydrogen-bond acceptors (Lipinski definition) is 7. The summed E-state index contributed by atoms with van der Waals surface area (Å²) in [5.41, 5.74) is 12.7. The highest BCUT2D eigenvalue weighted by atomic mass is 16.1. The Morgan fingerprint density at radius 3 is 2.11 bits per heavy atom. The molecule has 1 aliphatic heterocycles. The van der Waals surface area contributed by atoms with Gasteiger partial charge in [0.25, 0.3) is 0 Å². The van der Waals surface area contributed by atoms with Crippen molar-refractivity contribution in [3.05, 3.63) is 89.5 Å². The molecule has 1 aromatic heterocycles. The number of nitrogens with two attached hydrogens (primary N) is 1. The zero-order valence-corrected chi connectivity index (χ0v) is 19.0. The second kappa shape index (κ2) is 8.26. The Hall–Kier alpha value is -4.70. The number of aromatic nitrogens is 2. The first-order valence-corrected chi connectivity index (χ1v) is 11.6. The van der Waals surface area contributed by atoms with Crippen LogP contribution in [0.15, 0.2) is 72.8 Å². The van der Waals surface area contributed by atoms with Crippen LogP contribution in [0.2, 0.25) is 0 Å². The van der Waals surface area contributed by atoms with Gasteiger partial charge in [-0.1, -0.05) is 54.6 Å². The number of nitrogens with zero attached hydrogens (tertiary/aromatic N) is 5. The largest absolute Gasteiger partial charge is 0.368 e. The summed E-state index contributed by atoms with van der Waals surface area (Å²) in [6.45, 7) is 3.05. The molecule has 7 nitrogen and oxygen atoms in total. The van der Waals surface area contributed by atoms with Crippen LogP contribution in [0.3, 0.4) is 0 Å². The third kappa shape index (κ3) is 3.39. The van der Waals surface area contributed by atoms with Gasteiger partial charge in [0.15, 0.2) is 5.78 Å². The smallest absolute Gasteiger partial charge is 0.221 e. The number of hydrogen-bond donors (Lipinski definition) is 1. The maximum absolute atomic E-state index is 13.6. The molecule has 170 valence electrons. The van der Waals surface area contributed by atoms with Crippen LogP contribution in [0.1, 0.15) is 21.5 Å². The number of anilines is 3. The van der Waals surface area contributed by atoms with Gasteiger partial charge in [-0.15, -0.1) is 0 Å². The molecule has 3 aromatic carbocycles. The van der Waals surface area contributed by atoms with Crippen molar-refractivity contribution in [2.24, 2.45) is 0 Å². The minimum absolute atomic E-state index is 0.0720. The number of carbonyl (C=O) groups is 1. The van der Waals surface area contributed by atoms with Gasteiger partial charge in [0.2, 0.25) is 5.95 Å². The molecule has 4 aromatic rings. The van der Waals surface area contributed by atoms with Crippen molar-refractivity contribution in [2.45, 2.75) is 0 Å². The van der Waals surface area contributed by atoms with E-state index < -0.39 is 0 Å². The van der Waals surface area contributed by atoms with Crippen molar-refractivity contribution in [1.82, 2.24) is 9.97 Å². The third-order valence-electron chi connectivity index (χ3n) is 6.71. The molecule has 1 saturated heterocycles. The maximum atomic E-state index is 13.6. The lowest BCUT2D eigenvalue weighted by atomic mass is 10.0. The number of benzene rings is 3. The van der Waals surface area contributed by atoms with Crippen LogP contribution in [0.4, 0.5) is 17.3 Å². The molecule has 0 radical (unpaired) electrons. The zero-order chi connectivity index (χ0) is 23.9. The molecule has 2 heterocycles. The first kappa shape index (κ1) is 20.9. The lowest BCUT2D eigenvalue weighted by Gasteiger charge is -2.38. The van der Waals surface area contributed by atoms with E-state index in [0.29, 0.717) is 28.1 Å². The standard InChI is InChI=1S/C28H22N6O/c29-17-19-9-4-5-11-21(19)33-13-15-34(16-14-33)22-12-6-10-20-23(22)26-24(27(20)35)25(31-28(30)32-26)18-7-2-1-3-8-18/h1-12H,13-16H2,(H2,30,31,32). The van der Waals surface area contributed by atoms with Gasteiger partial charge in [-0.3, -0.25) is 4.79 Å². The van der Waals surface area contributed by atoms with E-state index in [4.69, 9.17) is 5.73 Å². The Labute approximate surface area is 203 Å². The molecule has 1 aliphatic carbocycles. The molecule has 0 spiro atoms. The predicted molar refractivity (Wildman–Crippen MR) is 136 cm³/mol. The highest BCUT2D eigenvalue weighted by Crippen LogP contribution is 2.45. The van der Waals surface area contributed by atoms with E-state index in [1.165, 1.54) is 0 Å². The number of ketones is 1. The quantitative estimate of drug-likeness (QED) is 0.434. The van der Waals surface area contributed by atoms with Crippen molar-refractivity contribution < 1.29 is 4.79 Å². The highest BCUT2D eigenvalue weighted by molar-refractivity contribution is 6.25. The fourth-order valence-electron chi connectivity index (χ4n) is 5.09. The Balaban J connectivity index is 1.38. The van der Waals surface area contributed by atoms with Gasteiger partial charge in [-0.05, 0) is 18.2 Å². The van der Waals surface area contributed by atoms with Crippen LogP contribution in [0, 0.1) is 11.3 Å². The van der Waals surface area contributed by atoms with Gasteiger partial charge < -0.3 is 15.5 Å². The topological polar surface area (TPSA) is 99.1 Å². The third-order valence-corrected chi connectivity index (χ3v) is 6.71. The van der Waals surface area contributed by atoms with Crippen LogP contribution in [0.25, 0.3) is 22.5 Å². The number of carbonyl (C=O) groups excluding carboxylic acids is 1. The van der Waals surface area contributed by atoms with Gasteiger partial charge in [0.05, 0.1) is 28.2 Å². The molecule has 0 unspecified atom stereocenters. The Morgan fingerprint density at radius 1 is 0.743 bits per heavy atom. The van der Waals surface area contributed by atoms with Gasteiger partial charge in [-0.2, -0.15) is 5.26 Å². The monoisotopic (exact) mass is 458 g/mol. The summed E-state index contributed by atoms with van der Waals surface area (Å²) in [4.78, 5) is 27.1. The van der Waals surface area contributed by atoms with Crippen molar-refractivity contribution in [2.75, 3.05) is 41.7 Å². The molecule has 7 heteroatoms. The Morgan fingerprint density at radius 2 is 1.37 bits per heavy atom. The summed E-state index contributed by atoms with van der Waals surface area (Å²) in [5.74, 6) is 0.0771. The number of rotatable bonds is 3. The first-order valence-electron chi connectivity index (χ1n) is 11.6. The summed E-state index contributed by atoms with van der Waals surface area (Å²) in [7, 11) is 0. The molecule has 0 atom stereocenters. The molecular formula is C28H22N6O. The van der Waals surface area contributed by atoms with Crippen LogP contribution >= 0.6 is 0 Å². The lowest BCUT2D eigenvalue weighted by molar-refractivity contribution is 0.104. The number of piperazine rings is 1. The molecule has 0 amide bonds. The van der Waals surface area contributed by atoms with E-state index in [0.717, 1.165) is 48.7 Å². The van der Waals surface area contributed by atoms with Crippen molar-refractivity contribution >= 4 is 23.1 Å². The van der Waals surface area contributed by atoms with Gasteiger partial charge in [-0.25, -0.2) is 9.97 Å². The molecular weight excluding hydrogens is 436 g/mol. The number of nitriles is 1. The summed E-state index contributed by atoms with van der Waals surface area (Å²) in [6, 6.07) is 25.4. The first-order chi connectivity index (χ1) is 17.2. The second-order valence-corrected chi connectivity index (χ2v) is 8.65.